The van der Waals surface area contributed by atoms with Gasteiger partial charge < -0.3 is 55.1 Å². The lowest BCUT2D eigenvalue weighted by Crippen LogP contribution is -2.60. The zero-order valence-electron chi connectivity index (χ0n) is 13.1. The van der Waals surface area contributed by atoms with Crippen molar-refractivity contribution < 1.29 is 55.1 Å². The maximum absolute atomic E-state index is 9.87. The zero-order valence-corrected chi connectivity index (χ0v) is 13.1. The van der Waals surface area contributed by atoms with E-state index in [0.717, 1.165) is 0 Å². The largest absolute Gasteiger partial charge is 0.394 e. The molecule has 0 aromatic carbocycles. The van der Waals surface area contributed by atoms with Gasteiger partial charge in [-0.2, -0.15) is 0 Å². The van der Waals surface area contributed by atoms with Gasteiger partial charge in [-0.1, -0.05) is 0 Å². The third-order valence-corrected chi connectivity index (χ3v) is 3.66. The zero-order chi connectivity index (χ0) is 18.4. The van der Waals surface area contributed by atoms with E-state index in [4.69, 9.17) is 19.3 Å². The SMILES string of the molecule is C[C@H](O)C(O)OC(CO)[C@H](CO)OC1OC(CO)[C@@H](O)[C@H](O)[C@@H]1O. The fourth-order valence-corrected chi connectivity index (χ4v) is 2.14. The molecule has 0 spiro atoms. The maximum atomic E-state index is 9.87. The summed E-state index contributed by atoms with van der Waals surface area (Å²) in [5, 5.41) is 75.7. The maximum Gasteiger partial charge on any atom is 0.187 e. The lowest BCUT2D eigenvalue weighted by molar-refractivity contribution is -0.327. The first-order valence-electron chi connectivity index (χ1n) is 7.46. The summed E-state index contributed by atoms with van der Waals surface area (Å²) in [4.78, 5) is 0. The summed E-state index contributed by atoms with van der Waals surface area (Å²) in [6, 6.07) is 0. The van der Waals surface area contributed by atoms with Crippen LogP contribution in [-0.4, -0.2) is 116 Å². The van der Waals surface area contributed by atoms with E-state index in [-0.39, 0.29) is 0 Å². The molecule has 1 aliphatic rings. The number of hydrogen-bond donors (Lipinski definition) is 8. The standard InChI is InChI=1S/C13H26O11/c1-5(17)12(21)22-6(2-14)7(3-15)23-13-11(20)10(19)9(18)8(4-16)24-13/h5-21H,2-4H2,1H3/t5-,6?,7-,8?,9+,10-,11-,12?,13?/m0/s1. The number of rotatable bonds is 9. The van der Waals surface area contributed by atoms with Crippen molar-refractivity contribution in [2.24, 2.45) is 0 Å². The molecule has 24 heavy (non-hydrogen) atoms. The van der Waals surface area contributed by atoms with E-state index in [2.05, 4.69) is 0 Å². The molecule has 11 heteroatoms. The van der Waals surface area contributed by atoms with Gasteiger partial charge in [0.05, 0.1) is 19.8 Å². The first kappa shape index (κ1) is 21.6. The molecule has 1 heterocycles. The van der Waals surface area contributed by atoms with E-state index in [1.807, 2.05) is 0 Å². The van der Waals surface area contributed by atoms with Crippen LogP contribution in [0.2, 0.25) is 0 Å². The van der Waals surface area contributed by atoms with Crippen molar-refractivity contribution in [3.05, 3.63) is 0 Å². The van der Waals surface area contributed by atoms with Crippen molar-refractivity contribution >= 4 is 0 Å². The second-order valence-corrected chi connectivity index (χ2v) is 5.54. The van der Waals surface area contributed by atoms with Crippen LogP contribution in [-0.2, 0) is 14.2 Å². The molecular weight excluding hydrogens is 332 g/mol. The Hall–Kier alpha value is -0.440. The van der Waals surface area contributed by atoms with Gasteiger partial charge in [-0.25, -0.2) is 0 Å². The molecule has 1 aliphatic heterocycles. The third kappa shape index (κ3) is 5.28. The summed E-state index contributed by atoms with van der Waals surface area (Å²) >= 11 is 0. The van der Waals surface area contributed by atoms with Gasteiger partial charge in [0.2, 0.25) is 0 Å². The average molecular weight is 358 g/mol. The molecule has 0 amide bonds. The molecular formula is C13H26O11. The van der Waals surface area contributed by atoms with Crippen LogP contribution in [0.3, 0.4) is 0 Å². The summed E-state index contributed by atoms with van der Waals surface area (Å²) in [6.45, 7) is -0.833. The van der Waals surface area contributed by atoms with E-state index in [9.17, 15) is 35.7 Å². The van der Waals surface area contributed by atoms with Gasteiger partial charge in [-0.05, 0) is 6.92 Å². The lowest BCUT2D eigenvalue weighted by atomic mass is 9.99. The van der Waals surface area contributed by atoms with Gasteiger partial charge in [0, 0.05) is 0 Å². The van der Waals surface area contributed by atoms with Gasteiger partial charge in [0.1, 0.15) is 42.7 Å². The fraction of sp³-hybridized carbons (Fsp3) is 1.00. The predicted octanol–water partition coefficient (Wildman–Crippen LogP) is -4.76. The second kappa shape index (κ2) is 9.89. The van der Waals surface area contributed by atoms with Crippen molar-refractivity contribution in [1.82, 2.24) is 0 Å². The second-order valence-electron chi connectivity index (χ2n) is 5.54. The molecule has 8 N–H and O–H groups in total. The molecule has 0 radical (unpaired) electrons. The number of hydrogen-bond acceptors (Lipinski definition) is 11. The molecule has 1 rings (SSSR count). The Morgan fingerprint density at radius 1 is 0.917 bits per heavy atom. The normalized spacial score (nSPS) is 36.1. The monoisotopic (exact) mass is 358 g/mol. The van der Waals surface area contributed by atoms with Gasteiger partial charge >= 0.3 is 0 Å². The van der Waals surface area contributed by atoms with Gasteiger partial charge in [0.25, 0.3) is 0 Å². The van der Waals surface area contributed by atoms with Crippen molar-refractivity contribution in [2.75, 3.05) is 19.8 Å². The number of aliphatic hydroxyl groups is 8. The molecule has 1 fully saturated rings. The van der Waals surface area contributed by atoms with E-state index in [1.54, 1.807) is 0 Å². The third-order valence-electron chi connectivity index (χ3n) is 3.66. The molecule has 0 aliphatic carbocycles. The Morgan fingerprint density at radius 2 is 1.50 bits per heavy atom. The van der Waals surface area contributed by atoms with Crippen LogP contribution < -0.4 is 0 Å². The van der Waals surface area contributed by atoms with E-state index in [1.165, 1.54) is 6.92 Å². The van der Waals surface area contributed by atoms with Crippen LogP contribution in [0.4, 0.5) is 0 Å². The Kier molecular flexibility index (Phi) is 8.90. The van der Waals surface area contributed by atoms with Crippen molar-refractivity contribution in [3.8, 4) is 0 Å². The minimum absolute atomic E-state index is 0.657. The van der Waals surface area contributed by atoms with Crippen LogP contribution in [0.15, 0.2) is 0 Å². The minimum Gasteiger partial charge on any atom is -0.394 e. The van der Waals surface area contributed by atoms with E-state index >= 15 is 0 Å². The highest BCUT2D eigenvalue weighted by Gasteiger charge is 2.45. The minimum atomic E-state index is -1.70. The van der Waals surface area contributed by atoms with Crippen LogP contribution in [0.1, 0.15) is 6.92 Å². The lowest BCUT2D eigenvalue weighted by Gasteiger charge is -2.41. The Balaban J connectivity index is 2.77. The Labute approximate surface area is 138 Å². The van der Waals surface area contributed by atoms with Crippen LogP contribution in [0, 0.1) is 0 Å². The van der Waals surface area contributed by atoms with E-state index in [0.29, 0.717) is 0 Å². The first-order chi connectivity index (χ1) is 11.3. The van der Waals surface area contributed by atoms with Crippen molar-refractivity contribution in [3.63, 3.8) is 0 Å². The van der Waals surface area contributed by atoms with Crippen LogP contribution in [0.5, 0.6) is 0 Å². The molecule has 9 atom stereocenters. The van der Waals surface area contributed by atoms with Gasteiger partial charge in [-0.3, -0.25) is 0 Å². The Bertz CT molecular complexity index is 353. The number of aliphatic hydroxyl groups excluding tert-OH is 8. The molecule has 0 aromatic heterocycles. The molecule has 0 bridgehead atoms. The van der Waals surface area contributed by atoms with E-state index < -0.39 is 75.1 Å². The molecule has 144 valence electrons. The van der Waals surface area contributed by atoms with Crippen molar-refractivity contribution in [2.45, 2.75) is 62.2 Å². The first-order valence-corrected chi connectivity index (χ1v) is 7.46. The Morgan fingerprint density at radius 3 is 1.96 bits per heavy atom. The molecule has 0 aromatic rings. The van der Waals surface area contributed by atoms with Crippen molar-refractivity contribution in [1.29, 1.82) is 0 Å². The smallest absolute Gasteiger partial charge is 0.187 e. The summed E-state index contributed by atoms with van der Waals surface area (Å²) in [6.07, 6.45) is -13.2. The highest BCUT2D eigenvalue weighted by atomic mass is 16.7. The van der Waals surface area contributed by atoms with Crippen LogP contribution in [0.25, 0.3) is 0 Å². The number of ether oxygens (including phenoxy) is 3. The van der Waals surface area contributed by atoms with Gasteiger partial charge in [0.15, 0.2) is 12.6 Å². The highest BCUT2D eigenvalue weighted by molar-refractivity contribution is 4.89. The molecule has 11 nitrogen and oxygen atoms in total. The summed E-state index contributed by atoms with van der Waals surface area (Å²) in [5.41, 5.74) is 0. The summed E-state index contributed by atoms with van der Waals surface area (Å²) < 4.78 is 15.3. The molecule has 1 saturated heterocycles. The molecule has 0 saturated carbocycles. The quantitative estimate of drug-likeness (QED) is 0.185. The summed E-state index contributed by atoms with van der Waals surface area (Å²) in [7, 11) is 0. The average Bonchev–Trinajstić information content (AvgIpc) is 2.57. The highest BCUT2D eigenvalue weighted by Crippen LogP contribution is 2.24. The van der Waals surface area contributed by atoms with Gasteiger partial charge in [-0.15, -0.1) is 0 Å². The predicted molar refractivity (Wildman–Crippen MR) is 75.4 cm³/mol. The molecule has 4 unspecified atom stereocenters. The topological polar surface area (TPSA) is 190 Å². The fourth-order valence-electron chi connectivity index (χ4n) is 2.14. The van der Waals surface area contributed by atoms with Crippen LogP contribution >= 0.6 is 0 Å². The summed E-state index contributed by atoms with van der Waals surface area (Å²) in [5.74, 6) is 0.